The van der Waals surface area contributed by atoms with Crippen LogP contribution in [0.15, 0.2) is 36.7 Å². The van der Waals surface area contributed by atoms with Crippen molar-refractivity contribution in [3.05, 3.63) is 42.2 Å². The molecule has 1 unspecified atom stereocenters. The monoisotopic (exact) mass is 285 g/mol. The summed E-state index contributed by atoms with van der Waals surface area (Å²) in [6, 6.07) is 9.31. The Morgan fingerprint density at radius 1 is 1.10 bits per heavy atom. The summed E-state index contributed by atoms with van der Waals surface area (Å²) in [4.78, 5) is 4.50. The van der Waals surface area contributed by atoms with Crippen molar-refractivity contribution in [3.8, 4) is 11.4 Å². The predicted octanol–water partition coefficient (Wildman–Crippen LogP) is 4.41. The molecule has 1 atom stereocenters. The lowest BCUT2D eigenvalue weighted by molar-refractivity contribution is 0.518. The molecule has 0 spiro atoms. The minimum atomic E-state index is 0.453. The zero-order chi connectivity index (χ0) is 15.1. The van der Waals surface area contributed by atoms with E-state index >= 15 is 0 Å². The van der Waals surface area contributed by atoms with Gasteiger partial charge in [-0.25, -0.2) is 4.98 Å². The van der Waals surface area contributed by atoms with Gasteiger partial charge in [-0.1, -0.05) is 45.0 Å². The smallest absolute Gasteiger partial charge is 0.139 e. The van der Waals surface area contributed by atoms with E-state index in [4.69, 9.17) is 0 Å². The molecule has 21 heavy (non-hydrogen) atoms. The highest BCUT2D eigenvalue weighted by molar-refractivity contribution is 5.56. The van der Waals surface area contributed by atoms with E-state index in [1.165, 1.54) is 17.5 Å². The van der Waals surface area contributed by atoms with Crippen LogP contribution in [-0.4, -0.2) is 16.1 Å². The van der Waals surface area contributed by atoms with Gasteiger partial charge in [0.2, 0.25) is 0 Å². The van der Waals surface area contributed by atoms with Gasteiger partial charge >= 0.3 is 0 Å². The highest BCUT2D eigenvalue weighted by Crippen LogP contribution is 2.22. The van der Waals surface area contributed by atoms with E-state index in [0.29, 0.717) is 6.04 Å². The Bertz CT molecular complexity index is 528. The van der Waals surface area contributed by atoms with Gasteiger partial charge in [-0.15, -0.1) is 0 Å². The molecular formula is C18H27N3. The number of rotatable bonds is 8. The molecule has 1 N–H and O–H groups in total. The van der Waals surface area contributed by atoms with Crippen LogP contribution < -0.4 is 5.32 Å². The average molecular weight is 285 g/mol. The van der Waals surface area contributed by atoms with Crippen molar-refractivity contribution in [2.24, 2.45) is 0 Å². The van der Waals surface area contributed by atoms with Crippen molar-refractivity contribution in [3.63, 3.8) is 0 Å². The largest absolute Gasteiger partial charge is 0.331 e. The first-order chi connectivity index (χ1) is 10.3. The van der Waals surface area contributed by atoms with E-state index in [1.807, 2.05) is 6.20 Å². The second kappa shape index (κ2) is 7.99. The van der Waals surface area contributed by atoms with Crippen molar-refractivity contribution < 1.29 is 0 Å². The molecule has 114 valence electrons. The van der Waals surface area contributed by atoms with Crippen LogP contribution in [0.1, 0.15) is 51.6 Å². The summed E-state index contributed by atoms with van der Waals surface area (Å²) >= 11 is 0. The van der Waals surface area contributed by atoms with E-state index in [1.54, 1.807) is 0 Å². The number of aryl methyl sites for hydroxylation is 1. The van der Waals surface area contributed by atoms with E-state index in [9.17, 15) is 0 Å². The number of nitrogens with one attached hydrogen (secondary N) is 1. The van der Waals surface area contributed by atoms with Crippen molar-refractivity contribution in [1.82, 2.24) is 14.9 Å². The van der Waals surface area contributed by atoms with Gasteiger partial charge in [0, 0.05) is 30.5 Å². The highest BCUT2D eigenvalue weighted by atomic mass is 15.1. The normalized spacial score (nSPS) is 12.5. The van der Waals surface area contributed by atoms with E-state index < -0.39 is 0 Å². The third-order valence-corrected chi connectivity index (χ3v) is 3.80. The first kappa shape index (κ1) is 15.8. The molecule has 1 heterocycles. The molecule has 0 saturated heterocycles. The fourth-order valence-electron chi connectivity index (χ4n) is 2.67. The van der Waals surface area contributed by atoms with Crippen LogP contribution in [0.2, 0.25) is 0 Å². The van der Waals surface area contributed by atoms with Crippen molar-refractivity contribution in [2.75, 3.05) is 6.54 Å². The Balaban J connectivity index is 2.16. The third-order valence-electron chi connectivity index (χ3n) is 3.80. The second-order valence-electron chi connectivity index (χ2n) is 5.48. The molecule has 0 aliphatic carbocycles. The van der Waals surface area contributed by atoms with Gasteiger partial charge in [0.1, 0.15) is 5.82 Å². The molecule has 3 nitrogen and oxygen atoms in total. The molecule has 0 fully saturated rings. The minimum Gasteiger partial charge on any atom is -0.331 e. The zero-order valence-corrected chi connectivity index (χ0v) is 13.5. The number of hydrogen-bond donors (Lipinski definition) is 1. The maximum absolute atomic E-state index is 4.50. The summed E-state index contributed by atoms with van der Waals surface area (Å²) in [5.41, 5.74) is 2.56. The van der Waals surface area contributed by atoms with Crippen molar-refractivity contribution in [1.29, 1.82) is 0 Å². The number of benzene rings is 1. The first-order valence-electron chi connectivity index (χ1n) is 8.15. The molecule has 1 aromatic heterocycles. The van der Waals surface area contributed by atoms with Gasteiger partial charge in [0.15, 0.2) is 0 Å². The molecule has 0 radical (unpaired) electrons. The van der Waals surface area contributed by atoms with Crippen LogP contribution in [0, 0.1) is 0 Å². The van der Waals surface area contributed by atoms with Crippen LogP contribution >= 0.6 is 0 Å². The molecule has 0 aliphatic rings. The fourth-order valence-corrected chi connectivity index (χ4v) is 2.67. The standard InChI is InChI=1S/C18H27N3/c1-4-11-19-17(6-3)15-7-9-16(10-8-15)18-20-12-14-21(18)13-5-2/h7-10,12,14,17,19H,4-6,11,13H2,1-3H3. The summed E-state index contributed by atoms with van der Waals surface area (Å²) in [6.45, 7) is 8.72. The van der Waals surface area contributed by atoms with Gasteiger partial charge in [-0.05, 0) is 31.4 Å². The van der Waals surface area contributed by atoms with Crippen LogP contribution in [0.5, 0.6) is 0 Å². The Kier molecular flexibility index (Phi) is 6.00. The summed E-state index contributed by atoms with van der Waals surface area (Å²) < 4.78 is 2.22. The Morgan fingerprint density at radius 3 is 2.48 bits per heavy atom. The van der Waals surface area contributed by atoms with Gasteiger partial charge in [0.05, 0.1) is 0 Å². The Hall–Kier alpha value is -1.61. The Labute approximate surface area is 128 Å². The maximum Gasteiger partial charge on any atom is 0.139 e. The lowest BCUT2D eigenvalue weighted by atomic mass is 10.0. The lowest BCUT2D eigenvalue weighted by Crippen LogP contribution is -2.21. The summed E-state index contributed by atoms with van der Waals surface area (Å²) in [5, 5.41) is 3.60. The molecule has 0 aliphatic heterocycles. The molecule has 2 rings (SSSR count). The number of imidazole rings is 1. The molecule has 2 aromatic rings. The number of nitrogens with zero attached hydrogens (tertiary/aromatic N) is 2. The fraction of sp³-hybridized carbons (Fsp3) is 0.500. The van der Waals surface area contributed by atoms with Gasteiger partial charge in [-0.2, -0.15) is 0 Å². The third kappa shape index (κ3) is 3.94. The van der Waals surface area contributed by atoms with Gasteiger partial charge < -0.3 is 9.88 Å². The molecule has 0 saturated carbocycles. The summed E-state index contributed by atoms with van der Waals surface area (Å²) in [6.07, 6.45) is 7.36. The summed E-state index contributed by atoms with van der Waals surface area (Å²) in [5.74, 6) is 1.07. The molecular weight excluding hydrogens is 258 g/mol. The second-order valence-corrected chi connectivity index (χ2v) is 5.48. The Morgan fingerprint density at radius 2 is 1.86 bits per heavy atom. The average Bonchev–Trinajstić information content (AvgIpc) is 2.97. The van der Waals surface area contributed by atoms with E-state index in [2.05, 4.69) is 66.1 Å². The van der Waals surface area contributed by atoms with Crippen LogP contribution in [0.25, 0.3) is 11.4 Å². The first-order valence-corrected chi connectivity index (χ1v) is 8.15. The van der Waals surface area contributed by atoms with Crippen LogP contribution in [0.4, 0.5) is 0 Å². The van der Waals surface area contributed by atoms with E-state index in [0.717, 1.165) is 31.8 Å². The van der Waals surface area contributed by atoms with Gasteiger partial charge in [-0.3, -0.25) is 0 Å². The minimum absolute atomic E-state index is 0.453. The van der Waals surface area contributed by atoms with Crippen molar-refractivity contribution >= 4 is 0 Å². The lowest BCUT2D eigenvalue weighted by Gasteiger charge is -2.17. The molecule has 0 amide bonds. The molecule has 0 bridgehead atoms. The topological polar surface area (TPSA) is 29.9 Å². The molecule has 1 aromatic carbocycles. The zero-order valence-electron chi connectivity index (χ0n) is 13.5. The van der Waals surface area contributed by atoms with Crippen molar-refractivity contribution in [2.45, 2.75) is 52.6 Å². The van der Waals surface area contributed by atoms with Gasteiger partial charge in [0.25, 0.3) is 0 Å². The summed E-state index contributed by atoms with van der Waals surface area (Å²) in [7, 11) is 0. The SMILES string of the molecule is CCCNC(CC)c1ccc(-c2nccn2CCC)cc1. The quantitative estimate of drug-likeness (QED) is 0.778. The predicted molar refractivity (Wildman–Crippen MR) is 89.3 cm³/mol. The van der Waals surface area contributed by atoms with Crippen LogP contribution in [-0.2, 0) is 6.54 Å². The molecule has 3 heteroatoms. The number of aromatic nitrogens is 2. The van der Waals surface area contributed by atoms with Crippen LogP contribution in [0.3, 0.4) is 0 Å². The highest BCUT2D eigenvalue weighted by Gasteiger charge is 2.10. The van der Waals surface area contributed by atoms with E-state index in [-0.39, 0.29) is 0 Å². The number of hydrogen-bond acceptors (Lipinski definition) is 2. The maximum atomic E-state index is 4.50.